The molecule has 1 atom stereocenters. The molecule has 1 nitrogen and oxygen atoms in total. The Hall–Kier alpha value is 0.250. The fourth-order valence-corrected chi connectivity index (χ4v) is 1.24. The summed E-state index contributed by atoms with van der Waals surface area (Å²) in [5.41, 5.74) is 0. The number of rotatable bonds is 8. The number of unbranched alkanes of at least 4 members (excludes halogenated alkanes) is 4. The lowest BCUT2D eigenvalue weighted by atomic mass is 10.1. The van der Waals surface area contributed by atoms with Crippen LogP contribution in [-0.4, -0.2) is 18.5 Å². The molecule has 0 fully saturated rings. The van der Waals surface area contributed by atoms with Gasteiger partial charge in [0, 0.05) is 11.9 Å². The molecule has 0 bridgehead atoms. The van der Waals surface area contributed by atoms with Crippen molar-refractivity contribution in [2.24, 2.45) is 0 Å². The average molecular weight is 192 g/mol. The maximum atomic E-state index is 5.65. The van der Waals surface area contributed by atoms with Gasteiger partial charge in [-0.15, -0.1) is 11.6 Å². The van der Waals surface area contributed by atoms with Crippen LogP contribution in [-0.2, 0) is 0 Å². The van der Waals surface area contributed by atoms with E-state index in [4.69, 9.17) is 11.6 Å². The molecule has 2 heteroatoms. The molecule has 0 spiro atoms. The van der Waals surface area contributed by atoms with Gasteiger partial charge in [0.05, 0.1) is 0 Å². The van der Waals surface area contributed by atoms with Gasteiger partial charge in [0.1, 0.15) is 0 Å². The minimum absolute atomic E-state index is 0.470. The van der Waals surface area contributed by atoms with Crippen molar-refractivity contribution in [2.75, 3.05) is 12.4 Å². The summed E-state index contributed by atoms with van der Waals surface area (Å²) in [6.45, 7) is 5.49. The third-order valence-electron chi connectivity index (χ3n) is 2.00. The van der Waals surface area contributed by atoms with Crippen molar-refractivity contribution in [3.63, 3.8) is 0 Å². The monoisotopic (exact) mass is 191 g/mol. The van der Waals surface area contributed by atoms with Gasteiger partial charge in [0.2, 0.25) is 0 Å². The molecule has 0 aliphatic rings. The molecule has 0 aliphatic carbocycles. The van der Waals surface area contributed by atoms with E-state index in [0.29, 0.717) is 6.04 Å². The third-order valence-corrected chi connectivity index (χ3v) is 2.47. The summed E-state index contributed by atoms with van der Waals surface area (Å²) < 4.78 is 0. The molecule has 0 aromatic carbocycles. The van der Waals surface area contributed by atoms with Gasteiger partial charge in [-0.2, -0.15) is 0 Å². The summed E-state index contributed by atoms with van der Waals surface area (Å²) >= 11 is 5.65. The Balaban J connectivity index is 2.90. The highest BCUT2D eigenvalue weighted by molar-refractivity contribution is 6.18. The van der Waals surface area contributed by atoms with E-state index >= 15 is 0 Å². The maximum Gasteiger partial charge on any atom is 0.0374 e. The highest BCUT2D eigenvalue weighted by Crippen LogP contribution is 2.01. The first-order chi connectivity index (χ1) is 5.81. The fourth-order valence-electron chi connectivity index (χ4n) is 1.13. The van der Waals surface area contributed by atoms with Crippen LogP contribution in [0.25, 0.3) is 0 Å². The molecule has 0 saturated carbocycles. The minimum Gasteiger partial charge on any atom is -0.313 e. The van der Waals surface area contributed by atoms with Crippen molar-refractivity contribution in [2.45, 2.75) is 52.0 Å². The second-order valence-corrected chi connectivity index (χ2v) is 3.73. The van der Waals surface area contributed by atoms with Crippen LogP contribution in [0.4, 0.5) is 0 Å². The summed E-state index contributed by atoms with van der Waals surface area (Å²) in [6, 6.07) is 0.470. The summed E-state index contributed by atoms with van der Waals surface area (Å²) in [6.07, 6.45) is 6.74. The molecule has 1 unspecified atom stereocenters. The van der Waals surface area contributed by atoms with E-state index in [2.05, 4.69) is 19.2 Å². The van der Waals surface area contributed by atoms with Crippen LogP contribution in [0, 0.1) is 0 Å². The summed E-state index contributed by atoms with van der Waals surface area (Å²) in [7, 11) is 0. The number of halogens is 1. The van der Waals surface area contributed by atoms with Gasteiger partial charge in [-0.1, -0.05) is 32.6 Å². The smallest absolute Gasteiger partial charge is 0.0374 e. The van der Waals surface area contributed by atoms with Crippen LogP contribution in [0.5, 0.6) is 0 Å². The zero-order chi connectivity index (χ0) is 9.23. The van der Waals surface area contributed by atoms with Gasteiger partial charge < -0.3 is 5.32 Å². The van der Waals surface area contributed by atoms with E-state index in [1.165, 1.54) is 32.1 Å². The Labute approximate surface area is 81.9 Å². The lowest BCUT2D eigenvalue weighted by Gasteiger charge is -2.09. The van der Waals surface area contributed by atoms with Crippen molar-refractivity contribution < 1.29 is 0 Å². The van der Waals surface area contributed by atoms with Gasteiger partial charge in [-0.3, -0.25) is 0 Å². The summed E-state index contributed by atoms with van der Waals surface area (Å²) in [5.74, 6) is 0.717. The molecule has 0 saturated heterocycles. The molecule has 0 heterocycles. The van der Waals surface area contributed by atoms with E-state index in [1.54, 1.807) is 0 Å². The van der Waals surface area contributed by atoms with Crippen LogP contribution in [0.2, 0.25) is 0 Å². The fraction of sp³-hybridized carbons (Fsp3) is 1.00. The van der Waals surface area contributed by atoms with Crippen LogP contribution in [0.1, 0.15) is 46.0 Å². The lowest BCUT2D eigenvalue weighted by Crippen LogP contribution is -2.28. The second-order valence-electron chi connectivity index (χ2n) is 3.42. The quantitative estimate of drug-likeness (QED) is 0.459. The van der Waals surface area contributed by atoms with Gasteiger partial charge in [0.25, 0.3) is 0 Å². The first-order valence-corrected chi connectivity index (χ1v) is 5.64. The zero-order valence-electron chi connectivity index (χ0n) is 8.41. The maximum absolute atomic E-state index is 5.65. The molecule has 0 aliphatic heterocycles. The van der Waals surface area contributed by atoms with Crippen molar-refractivity contribution in [1.82, 2.24) is 5.32 Å². The summed E-state index contributed by atoms with van der Waals surface area (Å²) in [4.78, 5) is 0. The Bertz CT molecular complexity index is 85.9. The highest BCUT2D eigenvalue weighted by Gasteiger charge is 1.96. The minimum atomic E-state index is 0.470. The number of hydrogen-bond donors (Lipinski definition) is 1. The molecule has 0 rings (SSSR count). The molecule has 0 radical (unpaired) electrons. The molecular weight excluding hydrogens is 170 g/mol. The number of alkyl halides is 1. The average Bonchev–Trinajstić information content (AvgIpc) is 2.10. The highest BCUT2D eigenvalue weighted by atomic mass is 35.5. The van der Waals surface area contributed by atoms with Crippen molar-refractivity contribution in [3.05, 3.63) is 0 Å². The van der Waals surface area contributed by atoms with Crippen molar-refractivity contribution in [1.29, 1.82) is 0 Å². The Kier molecular flexibility index (Phi) is 9.53. The normalized spacial score (nSPS) is 13.2. The number of hydrogen-bond acceptors (Lipinski definition) is 1. The zero-order valence-corrected chi connectivity index (χ0v) is 9.16. The van der Waals surface area contributed by atoms with Crippen molar-refractivity contribution in [3.8, 4) is 0 Å². The molecule has 0 aromatic rings. The van der Waals surface area contributed by atoms with Gasteiger partial charge in [0.15, 0.2) is 0 Å². The Morgan fingerprint density at radius 2 is 1.83 bits per heavy atom. The lowest BCUT2D eigenvalue weighted by molar-refractivity contribution is 0.543. The predicted octanol–water partition coefficient (Wildman–Crippen LogP) is 3.17. The standard InChI is InChI=1S/C10H22ClN/c1-3-4-5-6-7-8-12-10(2)9-11/h10,12H,3-9H2,1-2H3. The predicted molar refractivity (Wildman–Crippen MR) is 56.9 cm³/mol. The molecule has 12 heavy (non-hydrogen) atoms. The van der Waals surface area contributed by atoms with E-state index in [9.17, 15) is 0 Å². The van der Waals surface area contributed by atoms with Crippen LogP contribution < -0.4 is 5.32 Å². The third kappa shape index (κ3) is 8.35. The van der Waals surface area contributed by atoms with Crippen molar-refractivity contribution >= 4 is 11.6 Å². The van der Waals surface area contributed by atoms with E-state index in [-0.39, 0.29) is 0 Å². The molecule has 74 valence electrons. The first-order valence-electron chi connectivity index (χ1n) is 5.10. The topological polar surface area (TPSA) is 12.0 Å². The molecule has 1 N–H and O–H groups in total. The summed E-state index contributed by atoms with van der Waals surface area (Å²) in [5, 5.41) is 3.38. The van der Waals surface area contributed by atoms with Crippen LogP contribution >= 0.6 is 11.6 Å². The molecular formula is C10H22ClN. The van der Waals surface area contributed by atoms with Gasteiger partial charge in [-0.25, -0.2) is 0 Å². The van der Waals surface area contributed by atoms with Crippen LogP contribution in [0.3, 0.4) is 0 Å². The first kappa shape index (κ1) is 12.2. The SMILES string of the molecule is CCCCCCCNC(C)CCl. The largest absolute Gasteiger partial charge is 0.313 e. The molecule has 0 aromatic heterocycles. The molecule has 0 amide bonds. The second kappa shape index (κ2) is 9.34. The van der Waals surface area contributed by atoms with E-state index < -0.39 is 0 Å². The number of nitrogens with one attached hydrogen (secondary N) is 1. The van der Waals surface area contributed by atoms with E-state index in [1.807, 2.05) is 0 Å². The Morgan fingerprint density at radius 3 is 2.42 bits per heavy atom. The van der Waals surface area contributed by atoms with Gasteiger partial charge >= 0.3 is 0 Å². The Morgan fingerprint density at radius 1 is 1.17 bits per heavy atom. The van der Waals surface area contributed by atoms with Gasteiger partial charge in [-0.05, 0) is 19.9 Å². The van der Waals surface area contributed by atoms with E-state index in [0.717, 1.165) is 12.4 Å². The van der Waals surface area contributed by atoms with Crippen LogP contribution in [0.15, 0.2) is 0 Å².